The Balaban J connectivity index is 0.00000288. The van der Waals surface area contributed by atoms with Gasteiger partial charge in [0.05, 0.1) is 11.7 Å². The molecule has 0 saturated heterocycles. The Morgan fingerprint density at radius 3 is 2.42 bits per heavy atom. The number of carbonyl (C=O) groups excluding carboxylic acids is 1. The molecule has 0 aliphatic carbocycles. The molecule has 1 aromatic carbocycles. The van der Waals surface area contributed by atoms with E-state index in [9.17, 15) is 9.18 Å². The molecule has 0 bridgehead atoms. The molecule has 0 aliphatic rings. The number of hydrogen-bond donors (Lipinski definition) is 2. The number of benzene rings is 1. The molecule has 24 heavy (non-hydrogen) atoms. The van der Waals surface area contributed by atoms with Gasteiger partial charge in [-0.15, -0.1) is 12.4 Å². The van der Waals surface area contributed by atoms with E-state index in [2.05, 4.69) is 10.3 Å². The van der Waals surface area contributed by atoms with Crippen LogP contribution in [0.2, 0.25) is 0 Å². The standard InChI is InChI=1S/C18H22FN3O.ClH/c1-18(2,3)16(12-4-6-14(19)7-5-12)22-17(23)13-8-9-21-15(10-13)11-20;/h4-10,16H,11,20H2,1-3H3,(H,22,23);1H. The molecule has 1 atom stereocenters. The third-order valence-corrected chi connectivity index (χ3v) is 3.63. The van der Waals surface area contributed by atoms with Gasteiger partial charge in [-0.1, -0.05) is 32.9 Å². The van der Waals surface area contributed by atoms with Gasteiger partial charge in [-0.3, -0.25) is 9.78 Å². The van der Waals surface area contributed by atoms with E-state index in [1.807, 2.05) is 20.8 Å². The SMILES string of the molecule is CC(C)(C)C(NC(=O)c1ccnc(CN)c1)c1ccc(F)cc1.Cl. The van der Waals surface area contributed by atoms with Gasteiger partial charge in [0.2, 0.25) is 0 Å². The molecule has 4 nitrogen and oxygen atoms in total. The molecule has 0 spiro atoms. The molecule has 3 N–H and O–H groups in total. The number of rotatable bonds is 4. The molecule has 2 aromatic rings. The first-order chi connectivity index (χ1) is 10.8. The van der Waals surface area contributed by atoms with E-state index in [4.69, 9.17) is 5.73 Å². The highest BCUT2D eigenvalue weighted by Gasteiger charge is 2.28. The van der Waals surface area contributed by atoms with Crippen LogP contribution in [0.25, 0.3) is 0 Å². The van der Waals surface area contributed by atoms with Gasteiger partial charge in [-0.05, 0) is 35.2 Å². The molecule has 0 fully saturated rings. The Morgan fingerprint density at radius 2 is 1.88 bits per heavy atom. The first kappa shape index (κ1) is 20.1. The maximum Gasteiger partial charge on any atom is 0.251 e. The number of nitrogens with two attached hydrogens (primary N) is 1. The fourth-order valence-electron chi connectivity index (χ4n) is 2.40. The molecule has 0 radical (unpaired) electrons. The molecule has 130 valence electrons. The number of nitrogens with zero attached hydrogens (tertiary/aromatic N) is 1. The van der Waals surface area contributed by atoms with E-state index in [1.54, 1.807) is 30.5 Å². The van der Waals surface area contributed by atoms with Gasteiger partial charge in [-0.2, -0.15) is 0 Å². The Hall–Kier alpha value is -1.98. The quantitative estimate of drug-likeness (QED) is 0.884. The molecule has 0 aliphatic heterocycles. The number of aromatic nitrogens is 1. The summed E-state index contributed by atoms with van der Waals surface area (Å²) >= 11 is 0. The van der Waals surface area contributed by atoms with Crippen LogP contribution in [0.5, 0.6) is 0 Å². The van der Waals surface area contributed by atoms with Crippen molar-refractivity contribution in [3.05, 3.63) is 65.2 Å². The predicted octanol–water partition coefficient (Wildman–Crippen LogP) is 3.62. The van der Waals surface area contributed by atoms with Gasteiger partial charge < -0.3 is 11.1 Å². The molecule has 1 heterocycles. The Morgan fingerprint density at radius 1 is 1.25 bits per heavy atom. The molecular formula is C18H23ClFN3O. The summed E-state index contributed by atoms with van der Waals surface area (Å²) in [6.07, 6.45) is 1.57. The Bertz CT molecular complexity index is 683. The van der Waals surface area contributed by atoms with Crippen LogP contribution < -0.4 is 11.1 Å². The summed E-state index contributed by atoms with van der Waals surface area (Å²) in [5, 5.41) is 3.03. The van der Waals surface area contributed by atoms with Crippen molar-refractivity contribution in [2.45, 2.75) is 33.4 Å². The van der Waals surface area contributed by atoms with Crippen LogP contribution in [0.1, 0.15) is 48.4 Å². The fourth-order valence-corrected chi connectivity index (χ4v) is 2.40. The third-order valence-electron chi connectivity index (χ3n) is 3.63. The Labute approximate surface area is 148 Å². The van der Waals surface area contributed by atoms with E-state index in [0.29, 0.717) is 11.3 Å². The minimum absolute atomic E-state index is 0. The van der Waals surface area contributed by atoms with Crippen molar-refractivity contribution in [3.63, 3.8) is 0 Å². The third kappa shape index (κ3) is 5.01. The van der Waals surface area contributed by atoms with Gasteiger partial charge in [0.25, 0.3) is 5.91 Å². The number of nitrogens with one attached hydrogen (secondary N) is 1. The second-order valence-corrected chi connectivity index (χ2v) is 6.56. The van der Waals surface area contributed by atoms with E-state index in [1.165, 1.54) is 12.1 Å². The smallest absolute Gasteiger partial charge is 0.251 e. The van der Waals surface area contributed by atoms with Crippen molar-refractivity contribution in [1.82, 2.24) is 10.3 Å². The molecule has 6 heteroatoms. The zero-order chi connectivity index (χ0) is 17.0. The number of pyridine rings is 1. The first-order valence-corrected chi connectivity index (χ1v) is 7.52. The number of hydrogen-bond acceptors (Lipinski definition) is 3. The molecule has 1 aromatic heterocycles. The van der Waals surface area contributed by atoms with Crippen LogP contribution in [0.15, 0.2) is 42.6 Å². The highest BCUT2D eigenvalue weighted by atomic mass is 35.5. The number of carbonyl (C=O) groups is 1. The zero-order valence-corrected chi connectivity index (χ0v) is 14.9. The predicted molar refractivity (Wildman–Crippen MR) is 95.4 cm³/mol. The molecule has 2 rings (SSSR count). The average molecular weight is 352 g/mol. The van der Waals surface area contributed by atoms with Crippen LogP contribution in [0, 0.1) is 11.2 Å². The topological polar surface area (TPSA) is 68.0 Å². The van der Waals surface area contributed by atoms with Crippen LogP contribution in [-0.2, 0) is 6.54 Å². The van der Waals surface area contributed by atoms with E-state index < -0.39 is 0 Å². The maximum absolute atomic E-state index is 13.2. The monoisotopic (exact) mass is 351 g/mol. The number of amides is 1. The van der Waals surface area contributed by atoms with Gasteiger partial charge in [0.1, 0.15) is 5.82 Å². The largest absolute Gasteiger partial charge is 0.345 e. The molecule has 1 amide bonds. The second kappa shape index (κ2) is 8.22. The summed E-state index contributed by atoms with van der Waals surface area (Å²) in [6, 6.07) is 9.29. The lowest BCUT2D eigenvalue weighted by Gasteiger charge is -2.32. The van der Waals surface area contributed by atoms with E-state index in [0.717, 1.165) is 5.56 Å². The lowest BCUT2D eigenvalue weighted by Crippen LogP contribution is -2.36. The maximum atomic E-state index is 13.2. The van der Waals surface area contributed by atoms with Crippen molar-refractivity contribution < 1.29 is 9.18 Å². The highest BCUT2D eigenvalue weighted by Crippen LogP contribution is 2.33. The molecular weight excluding hydrogens is 329 g/mol. The summed E-state index contributed by atoms with van der Waals surface area (Å²) in [6.45, 7) is 6.36. The Kier molecular flexibility index (Phi) is 6.87. The van der Waals surface area contributed by atoms with E-state index >= 15 is 0 Å². The van der Waals surface area contributed by atoms with Gasteiger partial charge >= 0.3 is 0 Å². The summed E-state index contributed by atoms with van der Waals surface area (Å²) in [5.41, 5.74) is 7.37. The summed E-state index contributed by atoms with van der Waals surface area (Å²) < 4.78 is 13.2. The van der Waals surface area contributed by atoms with Crippen molar-refractivity contribution in [1.29, 1.82) is 0 Å². The highest BCUT2D eigenvalue weighted by molar-refractivity contribution is 5.94. The van der Waals surface area contributed by atoms with Crippen LogP contribution in [0.3, 0.4) is 0 Å². The second-order valence-electron chi connectivity index (χ2n) is 6.56. The lowest BCUT2D eigenvalue weighted by atomic mass is 9.82. The normalized spacial score (nSPS) is 12.2. The van der Waals surface area contributed by atoms with Crippen molar-refractivity contribution in [3.8, 4) is 0 Å². The minimum Gasteiger partial charge on any atom is -0.345 e. The minimum atomic E-state index is -0.297. The van der Waals surface area contributed by atoms with E-state index in [-0.39, 0.29) is 42.1 Å². The lowest BCUT2D eigenvalue weighted by molar-refractivity contribution is 0.0901. The first-order valence-electron chi connectivity index (χ1n) is 7.52. The molecule has 1 unspecified atom stereocenters. The fraction of sp³-hybridized carbons (Fsp3) is 0.333. The summed E-state index contributed by atoms with van der Waals surface area (Å²) in [4.78, 5) is 16.6. The van der Waals surface area contributed by atoms with Crippen LogP contribution in [-0.4, -0.2) is 10.9 Å². The summed E-state index contributed by atoms with van der Waals surface area (Å²) in [7, 11) is 0. The average Bonchev–Trinajstić information content (AvgIpc) is 2.52. The van der Waals surface area contributed by atoms with Crippen molar-refractivity contribution in [2.75, 3.05) is 0 Å². The van der Waals surface area contributed by atoms with Crippen molar-refractivity contribution in [2.24, 2.45) is 11.1 Å². The summed E-state index contributed by atoms with van der Waals surface area (Å²) in [5.74, 6) is -0.499. The zero-order valence-electron chi connectivity index (χ0n) is 14.0. The van der Waals surface area contributed by atoms with Gasteiger partial charge in [0.15, 0.2) is 0 Å². The van der Waals surface area contributed by atoms with Gasteiger partial charge in [0, 0.05) is 18.3 Å². The van der Waals surface area contributed by atoms with Crippen LogP contribution >= 0.6 is 12.4 Å². The van der Waals surface area contributed by atoms with Gasteiger partial charge in [-0.25, -0.2) is 4.39 Å². The molecule has 0 saturated carbocycles. The van der Waals surface area contributed by atoms with Crippen LogP contribution in [0.4, 0.5) is 4.39 Å². The van der Waals surface area contributed by atoms with Crippen molar-refractivity contribution >= 4 is 18.3 Å². The number of halogens is 2.